The van der Waals surface area contributed by atoms with Crippen molar-refractivity contribution in [1.29, 1.82) is 0 Å². The summed E-state index contributed by atoms with van der Waals surface area (Å²) in [7, 11) is 3.91. The van der Waals surface area contributed by atoms with Gasteiger partial charge in [0.25, 0.3) is 0 Å². The molecule has 0 spiro atoms. The number of benzene rings is 4. The van der Waals surface area contributed by atoms with E-state index in [0.29, 0.717) is 45.6 Å². The molecule has 2 saturated heterocycles. The molecule has 2 amide bonds. The fourth-order valence-electron chi connectivity index (χ4n) is 7.76. The third-order valence-electron chi connectivity index (χ3n) is 11.3. The van der Waals surface area contributed by atoms with E-state index in [1.54, 1.807) is 13.8 Å². The third kappa shape index (κ3) is 10.8. The molecule has 57 heavy (non-hydrogen) atoms. The van der Waals surface area contributed by atoms with Gasteiger partial charge in [0.15, 0.2) is 0 Å². The van der Waals surface area contributed by atoms with Crippen LogP contribution in [0.25, 0.3) is 0 Å². The van der Waals surface area contributed by atoms with E-state index in [-0.39, 0.29) is 17.9 Å². The summed E-state index contributed by atoms with van der Waals surface area (Å²) in [5.41, 5.74) is 6.42. The molecule has 304 valence electrons. The Balaban J connectivity index is 1.13. The highest BCUT2D eigenvalue weighted by molar-refractivity contribution is 5.90. The Hall–Kier alpha value is -4.38. The van der Waals surface area contributed by atoms with E-state index in [1.165, 1.54) is 22.3 Å². The Morgan fingerprint density at radius 1 is 0.860 bits per heavy atom. The number of nitrogens with zero attached hydrogens (tertiary/aromatic N) is 1. The number of rotatable bonds is 19. The number of carbonyl (C=O) groups excluding carboxylic acids is 2. The van der Waals surface area contributed by atoms with Crippen LogP contribution < -0.4 is 10.6 Å². The zero-order chi connectivity index (χ0) is 40.5. The van der Waals surface area contributed by atoms with Crippen LogP contribution in [0.2, 0.25) is 0 Å². The lowest BCUT2D eigenvalue weighted by Crippen LogP contribution is -2.57. The van der Waals surface area contributed by atoms with Crippen LogP contribution in [-0.4, -0.2) is 73.9 Å². The first-order chi connectivity index (χ1) is 27.4. The summed E-state index contributed by atoms with van der Waals surface area (Å²) in [5, 5.41) is 5.80. The third-order valence-corrected chi connectivity index (χ3v) is 11.3. The van der Waals surface area contributed by atoms with Gasteiger partial charge < -0.3 is 34.5 Å². The van der Waals surface area contributed by atoms with Crippen molar-refractivity contribution in [1.82, 2.24) is 15.5 Å². The SMILES string of the molecule is CC[C@@]12CO[C@@](c3ccc(C)c(Cc4ccc(CCCC(=O)NC(C)(C)C(=O)NCCN(C)C)cc4)c3)(O1)[C@H](OCc1ccccc1)[C@@H](OCc1ccccc1)C2. The van der Waals surface area contributed by atoms with E-state index in [0.717, 1.165) is 42.5 Å². The van der Waals surface area contributed by atoms with Crippen LogP contribution in [0.5, 0.6) is 0 Å². The van der Waals surface area contributed by atoms with Crippen LogP contribution in [-0.2, 0) is 60.4 Å². The van der Waals surface area contributed by atoms with Gasteiger partial charge in [-0.1, -0.05) is 104 Å². The van der Waals surface area contributed by atoms with Crippen LogP contribution >= 0.6 is 0 Å². The molecular weight excluding hydrogens is 715 g/mol. The summed E-state index contributed by atoms with van der Waals surface area (Å²) in [4.78, 5) is 27.4. The zero-order valence-electron chi connectivity index (χ0n) is 34.6. The number of likely N-dealkylation sites (N-methyl/N-ethyl adjacent to an activating group) is 1. The van der Waals surface area contributed by atoms with Crippen LogP contribution in [0.1, 0.15) is 85.4 Å². The van der Waals surface area contributed by atoms with Crippen molar-refractivity contribution < 1.29 is 28.5 Å². The highest BCUT2D eigenvalue weighted by atomic mass is 16.8. The molecule has 4 atom stereocenters. The standard InChI is InChI=1S/C48H61N3O6/c1-7-47-31-42(54-32-38-15-10-8-11-16-38)44(55-33-39-17-12-9-13-18-39)48(57-47,56-34-47)41-26-21-35(2)40(30-41)29-37-24-22-36(23-25-37)19-14-20-43(52)50-46(3,4)45(53)49-27-28-51(5)6/h8-13,15-18,21-26,30,42,44H,7,14,19-20,27-29,31-34H2,1-6H3,(H,49,53)(H,50,52)/t42-,44+,47+,48-/m0/s1. The van der Waals surface area contributed by atoms with Crippen molar-refractivity contribution >= 4 is 11.8 Å². The second-order valence-electron chi connectivity index (χ2n) is 16.6. The molecule has 4 aromatic carbocycles. The predicted molar refractivity (Wildman–Crippen MR) is 224 cm³/mol. The van der Waals surface area contributed by atoms with Crippen molar-refractivity contribution in [3.8, 4) is 0 Å². The minimum Gasteiger partial charge on any atom is -0.370 e. The van der Waals surface area contributed by atoms with Crippen molar-refractivity contribution in [3.05, 3.63) is 142 Å². The molecule has 0 radical (unpaired) electrons. The number of fused-ring (bicyclic) bond motifs is 2. The molecule has 0 unspecified atom stereocenters. The monoisotopic (exact) mass is 775 g/mol. The largest absolute Gasteiger partial charge is 0.370 e. The molecular formula is C48H61N3O6. The van der Waals surface area contributed by atoms with Gasteiger partial charge in [-0.15, -0.1) is 0 Å². The van der Waals surface area contributed by atoms with Crippen LogP contribution in [0.3, 0.4) is 0 Å². The maximum absolute atomic E-state index is 12.7. The second-order valence-corrected chi connectivity index (χ2v) is 16.6. The maximum Gasteiger partial charge on any atom is 0.245 e. The van der Waals surface area contributed by atoms with Gasteiger partial charge in [-0.2, -0.15) is 0 Å². The van der Waals surface area contributed by atoms with E-state index in [9.17, 15) is 9.59 Å². The lowest BCUT2D eigenvalue weighted by Gasteiger charge is -2.47. The Bertz CT molecular complexity index is 1920. The van der Waals surface area contributed by atoms with Crippen molar-refractivity contribution in [2.45, 2.75) is 109 Å². The zero-order valence-corrected chi connectivity index (χ0v) is 34.6. The second kappa shape index (κ2) is 18.9. The molecule has 9 heteroatoms. The first-order valence-electron chi connectivity index (χ1n) is 20.5. The van der Waals surface area contributed by atoms with Crippen LogP contribution in [0.15, 0.2) is 103 Å². The average Bonchev–Trinajstić information content (AvgIpc) is 3.53. The molecule has 2 aliphatic heterocycles. The topological polar surface area (TPSA) is 98.4 Å². The van der Waals surface area contributed by atoms with E-state index in [4.69, 9.17) is 18.9 Å². The van der Waals surface area contributed by atoms with Gasteiger partial charge in [-0.3, -0.25) is 9.59 Å². The first kappa shape index (κ1) is 42.2. The van der Waals surface area contributed by atoms with Crippen LogP contribution in [0, 0.1) is 6.92 Å². The number of ether oxygens (including phenoxy) is 4. The molecule has 2 fully saturated rings. The predicted octanol–water partition coefficient (Wildman–Crippen LogP) is 7.40. The summed E-state index contributed by atoms with van der Waals surface area (Å²) >= 11 is 0. The van der Waals surface area contributed by atoms with E-state index >= 15 is 0 Å². The van der Waals surface area contributed by atoms with Gasteiger partial charge in [-0.05, 0) is 100.0 Å². The maximum atomic E-state index is 12.7. The van der Waals surface area contributed by atoms with Crippen LogP contribution in [0.4, 0.5) is 0 Å². The van der Waals surface area contributed by atoms with Gasteiger partial charge in [0, 0.05) is 31.5 Å². The average molecular weight is 776 g/mol. The number of hydrogen-bond donors (Lipinski definition) is 2. The lowest BCUT2D eigenvalue weighted by atomic mass is 9.83. The Labute approximate surface area is 339 Å². The van der Waals surface area contributed by atoms with E-state index < -0.39 is 23.0 Å². The summed E-state index contributed by atoms with van der Waals surface area (Å²) in [5.74, 6) is -1.44. The lowest BCUT2D eigenvalue weighted by molar-refractivity contribution is -0.319. The number of hydrogen-bond acceptors (Lipinski definition) is 7. The highest BCUT2D eigenvalue weighted by Crippen LogP contribution is 2.53. The molecule has 2 heterocycles. The molecule has 4 aromatic rings. The van der Waals surface area contributed by atoms with Crippen molar-refractivity contribution in [2.24, 2.45) is 0 Å². The molecule has 0 saturated carbocycles. The highest BCUT2D eigenvalue weighted by Gasteiger charge is 2.63. The van der Waals surface area contributed by atoms with E-state index in [1.807, 2.05) is 55.4 Å². The molecule has 2 aliphatic rings. The summed E-state index contributed by atoms with van der Waals surface area (Å²) < 4.78 is 27.5. The number of nitrogens with one attached hydrogen (secondary N) is 2. The number of aryl methyl sites for hydroxylation is 2. The molecule has 2 N–H and O–H groups in total. The smallest absolute Gasteiger partial charge is 0.245 e. The molecule has 6 rings (SSSR count). The van der Waals surface area contributed by atoms with Gasteiger partial charge in [0.2, 0.25) is 17.6 Å². The van der Waals surface area contributed by atoms with E-state index in [2.05, 4.69) is 91.2 Å². The molecule has 0 aliphatic carbocycles. The summed E-state index contributed by atoms with van der Waals surface area (Å²) in [6, 6.07) is 35.7. The Morgan fingerprint density at radius 2 is 1.51 bits per heavy atom. The molecule has 0 aromatic heterocycles. The normalized spacial score (nSPS) is 21.7. The molecule has 9 nitrogen and oxygen atoms in total. The first-order valence-corrected chi connectivity index (χ1v) is 20.5. The Morgan fingerprint density at radius 3 is 2.16 bits per heavy atom. The molecule has 2 bridgehead atoms. The van der Waals surface area contributed by atoms with Gasteiger partial charge >= 0.3 is 0 Å². The Kier molecular flexibility index (Phi) is 14.0. The number of carbonyl (C=O) groups is 2. The fraction of sp³-hybridized carbons (Fsp3) is 0.458. The summed E-state index contributed by atoms with van der Waals surface area (Å²) in [6.45, 7) is 10.4. The number of amides is 2. The minimum absolute atomic E-state index is 0.125. The van der Waals surface area contributed by atoms with Crippen molar-refractivity contribution in [2.75, 3.05) is 33.8 Å². The van der Waals surface area contributed by atoms with Crippen molar-refractivity contribution in [3.63, 3.8) is 0 Å². The minimum atomic E-state index is -1.13. The quantitative estimate of drug-likeness (QED) is 0.103. The fourth-order valence-corrected chi connectivity index (χ4v) is 7.76. The van der Waals surface area contributed by atoms with Gasteiger partial charge in [-0.25, -0.2) is 0 Å². The summed E-state index contributed by atoms with van der Waals surface area (Å²) in [6.07, 6.45) is 3.28. The van der Waals surface area contributed by atoms with Gasteiger partial charge in [0.05, 0.1) is 31.5 Å². The van der Waals surface area contributed by atoms with Gasteiger partial charge in [0.1, 0.15) is 11.6 Å².